The third kappa shape index (κ3) is 3.66. The van der Waals surface area contributed by atoms with Gasteiger partial charge in [-0.3, -0.25) is 4.79 Å². The molecule has 0 aliphatic carbocycles. The van der Waals surface area contributed by atoms with Crippen LogP contribution >= 0.6 is 0 Å². The SMILES string of the molecule is C=CCNc1ncc(C(=O)N(CC)c2ccccc2)cn1. The number of carbonyl (C=O) groups is 1. The van der Waals surface area contributed by atoms with Gasteiger partial charge in [0.1, 0.15) is 0 Å². The molecule has 1 aromatic heterocycles. The molecule has 0 fully saturated rings. The number of aromatic nitrogens is 2. The molecule has 5 nitrogen and oxygen atoms in total. The summed E-state index contributed by atoms with van der Waals surface area (Å²) in [5.41, 5.74) is 1.32. The lowest BCUT2D eigenvalue weighted by molar-refractivity contribution is 0.0987. The topological polar surface area (TPSA) is 58.1 Å². The first kappa shape index (κ1) is 14.7. The number of benzene rings is 1. The zero-order valence-corrected chi connectivity index (χ0v) is 12.0. The lowest BCUT2D eigenvalue weighted by Crippen LogP contribution is -2.30. The largest absolute Gasteiger partial charge is 0.351 e. The Hall–Kier alpha value is -2.69. The number of para-hydroxylation sites is 1. The second kappa shape index (κ2) is 7.19. The highest BCUT2D eigenvalue weighted by molar-refractivity contribution is 6.05. The van der Waals surface area contributed by atoms with Gasteiger partial charge in [-0.2, -0.15) is 0 Å². The maximum absolute atomic E-state index is 12.5. The van der Waals surface area contributed by atoms with E-state index in [9.17, 15) is 4.79 Å². The monoisotopic (exact) mass is 282 g/mol. The zero-order chi connectivity index (χ0) is 15.1. The number of amides is 1. The molecule has 2 aromatic rings. The zero-order valence-electron chi connectivity index (χ0n) is 12.0. The van der Waals surface area contributed by atoms with E-state index in [0.29, 0.717) is 24.6 Å². The summed E-state index contributed by atoms with van der Waals surface area (Å²) in [4.78, 5) is 22.5. The van der Waals surface area contributed by atoms with Crippen LogP contribution in [-0.4, -0.2) is 29.0 Å². The van der Waals surface area contributed by atoms with Gasteiger partial charge in [-0.05, 0) is 19.1 Å². The number of carbonyl (C=O) groups excluding carboxylic acids is 1. The summed E-state index contributed by atoms with van der Waals surface area (Å²) in [7, 11) is 0. The number of nitrogens with one attached hydrogen (secondary N) is 1. The Kier molecular flexibility index (Phi) is 5.04. The molecular formula is C16H18N4O. The number of hydrogen-bond donors (Lipinski definition) is 1. The maximum atomic E-state index is 12.5. The van der Waals surface area contributed by atoms with Gasteiger partial charge in [-0.1, -0.05) is 24.3 Å². The van der Waals surface area contributed by atoms with Gasteiger partial charge in [0.15, 0.2) is 0 Å². The fourth-order valence-corrected chi connectivity index (χ4v) is 1.90. The van der Waals surface area contributed by atoms with E-state index >= 15 is 0 Å². The van der Waals surface area contributed by atoms with Crippen molar-refractivity contribution in [3.8, 4) is 0 Å². The first-order valence-corrected chi connectivity index (χ1v) is 6.80. The van der Waals surface area contributed by atoms with Crippen LogP contribution in [0.3, 0.4) is 0 Å². The summed E-state index contributed by atoms with van der Waals surface area (Å²) >= 11 is 0. The molecule has 108 valence electrons. The molecule has 1 heterocycles. The van der Waals surface area contributed by atoms with Crippen molar-refractivity contribution in [1.82, 2.24) is 9.97 Å². The van der Waals surface area contributed by atoms with Gasteiger partial charge in [0.2, 0.25) is 5.95 Å². The second-order valence-corrected chi connectivity index (χ2v) is 4.35. The summed E-state index contributed by atoms with van der Waals surface area (Å²) in [6.45, 7) is 6.71. The molecule has 0 spiro atoms. The highest BCUT2D eigenvalue weighted by atomic mass is 16.2. The Bertz CT molecular complexity index is 595. The molecule has 1 N–H and O–H groups in total. The van der Waals surface area contributed by atoms with E-state index in [1.807, 2.05) is 37.3 Å². The van der Waals surface area contributed by atoms with Crippen LogP contribution in [0.1, 0.15) is 17.3 Å². The van der Waals surface area contributed by atoms with E-state index < -0.39 is 0 Å². The number of rotatable bonds is 6. The first-order valence-electron chi connectivity index (χ1n) is 6.80. The van der Waals surface area contributed by atoms with Gasteiger partial charge < -0.3 is 10.2 Å². The fourth-order valence-electron chi connectivity index (χ4n) is 1.90. The third-order valence-corrected chi connectivity index (χ3v) is 2.93. The van der Waals surface area contributed by atoms with Gasteiger partial charge in [0.05, 0.1) is 5.56 Å². The first-order chi connectivity index (χ1) is 10.3. The predicted molar refractivity (Wildman–Crippen MR) is 84.5 cm³/mol. The predicted octanol–water partition coefficient (Wildman–Crippen LogP) is 2.74. The number of hydrogen-bond acceptors (Lipinski definition) is 4. The Morgan fingerprint density at radius 3 is 2.52 bits per heavy atom. The summed E-state index contributed by atoms with van der Waals surface area (Å²) in [5, 5.41) is 2.97. The molecule has 0 radical (unpaired) electrons. The van der Waals surface area contributed by atoms with Crippen molar-refractivity contribution in [2.45, 2.75) is 6.92 Å². The summed E-state index contributed by atoms with van der Waals surface area (Å²) in [6.07, 6.45) is 4.79. The number of anilines is 2. The van der Waals surface area contributed by atoms with E-state index in [2.05, 4.69) is 21.9 Å². The quantitative estimate of drug-likeness (QED) is 0.828. The standard InChI is InChI=1S/C16H18N4O/c1-3-10-17-16-18-11-13(12-19-16)15(21)20(4-2)14-8-6-5-7-9-14/h3,5-9,11-12H,1,4,10H2,2H3,(H,17,18,19). The van der Waals surface area contributed by atoms with Crippen molar-refractivity contribution >= 4 is 17.5 Å². The normalized spacial score (nSPS) is 9.95. The van der Waals surface area contributed by atoms with Crippen LogP contribution in [0.25, 0.3) is 0 Å². The van der Waals surface area contributed by atoms with E-state index in [4.69, 9.17) is 0 Å². The van der Waals surface area contributed by atoms with E-state index in [1.54, 1.807) is 11.0 Å². The molecule has 1 amide bonds. The summed E-state index contributed by atoms with van der Waals surface area (Å²) in [5.74, 6) is 0.369. The smallest absolute Gasteiger partial charge is 0.261 e. The van der Waals surface area contributed by atoms with Crippen molar-refractivity contribution in [1.29, 1.82) is 0 Å². The summed E-state index contributed by atoms with van der Waals surface area (Å²) in [6, 6.07) is 9.55. The number of nitrogens with zero attached hydrogens (tertiary/aromatic N) is 3. The van der Waals surface area contributed by atoms with Crippen molar-refractivity contribution in [3.63, 3.8) is 0 Å². The van der Waals surface area contributed by atoms with Crippen LogP contribution in [0, 0.1) is 0 Å². The van der Waals surface area contributed by atoms with Gasteiger partial charge in [-0.25, -0.2) is 9.97 Å². The molecular weight excluding hydrogens is 264 g/mol. The van der Waals surface area contributed by atoms with Crippen LogP contribution in [0.5, 0.6) is 0 Å². The van der Waals surface area contributed by atoms with Crippen LogP contribution in [0.2, 0.25) is 0 Å². The van der Waals surface area contributed by atoms with Crippen LogP contribution in [0.4, 0.5) is 11.6 Å². The van der Waals surface area contributed by atoms with Crippen molar-refractivity contribution in [2.75, 3.05) is 23.3 Å². The fraction of sp³-hybridized carbons (Fsp3) is 0.188. The molecule has 0 aliphatic rings. The lowest BCUT2D eigenvalue weighted by atomic mass is 10.2. The van der Waals surface area contributed by atoms with Crippen LogP contribution in [-0.2, 0) is 0 Å². The van der Waals surface area contributed by atoms with Crippen molar-refractivity contribution in [3.05, 3.63) is 60.9 Å². The molecule has 0 atom stereocenters. The second-order valence-electron chi connectivity index (χ2n) is 4.35. The molecule has 2 rings (SSSR count). The van der Waals surface area contributed by atoms with E-state index in [-0.39, 0.29) is 5.91 Å². The molecule has 0 saturated carbocycles. The Morgan fingerprint density at radius 2 is 1.95 bits per heavy atom. The average Bonchev–Trinajstić information content (AvgIpc) is 2.55. The molecule has 0 bridgehead atoms. The Balaban J connectivity index is 2.16. The lowest BCUT2D eigenvalue weighted by Gasteiger charge is -2.20. The molecule has 5 heteroatoms. The molecule has 1 aromatic carbocycles. The van der Waals surface area contributed by atoms with E-state index in [1.165, 1.54) is 12.4 Å². The minimum Gasteiger partial charge on any atom is -0.351 e. The molecule has 0 aliphatic heterocycles. The maximum Gasteiger partial charge on any atom is 0.261 e. The van der Waals surface area contributed by atoms with Crippen LogP contribution in [0.15, 0.2) is 55.4 Å². The van der Waals surface area contributed by atoms with Gasteiger partial charge in [0.25, 0.3) is 5.91 Å². The molecule has 0 unspecified atom stereocenters. The van der Waals surface area contributed by atoms with Gasteiger partial charge >= 0.3 is 0 Å². The average molecular weight is 282 g/mol. The van der Waals surface area contributed by atoms with Crippen LogP contribution < -0.4 is 10.2 Å². The highest BCUT2D eigenvalue weighted by Gasteiger charge is 2.16. The molecule has 21 heavy (non-hydrogen) atoms. The summed E-state index contributed by atoms with van der Waals surface area (Å²) < 4.78 is 0. The van der Waals surface area contributed by atoms with Crippen molar-refractivity contribution in [2.24, 2.45) is 0 Å². The minimum atomic E-state index is -0.112. The third-order valence-electron chi connectivity index (χ3n) is 2.93. The van der Waals surface area contributed by atoms with Gasteiger partial charge in [0, 0.05) is 31.2 Å². The Morgan fingerprint density at radius 1 is 1.29 bits per heavy atom. The van der Waals surface area contributed by atoms with Crippen molar-refractivity contribution < 1.29 is 4.79 Å². The van der Waals surface area contributed by atoms with Gasteiger partial charge in [-0.15, -0.1) is 6.58 Å². The van der Waals surface area contributed by atoms with E-state index in [0.717, 1.165) is 5.69 Å². The minimum absolute atomic E-state index is 0.112. The Labute approximate surface area is 124 Å². The highest BCUT2D eigenvalue weighted by Crippen LogP contribution is 2.16. The molecule has 0 saturated heterocycles.